The zero-order valence-corrected chi connectivity index (χ0v) is 19.9. The Morgan fingerprint density at radius 3 is 1.36 bits per heavy atom. The summed E-state index contributed by atoms with van der Waals surface area (Å²) in [6, 6.07) is 0.420. The highest BCUT2D eigenvalue weighted by Gasteiger charge is 2.13. The van der Waals surface area contributed by atoms with Gasteiger partial charge in [-0.1, -0.05) is 103 Å². The lowest BCUT2D eigenvalue weighted by atomic mass is 10.0. The second-order valence-electron chi connectivity index (χ2n) is 8.78. The topological polar surface area (TPSA) is 57.6 Å². The van der Waals surface area contributed by atoms with Crippen LogP contribution < -0.4 is 0 Å². The minimum Gasteiger partial charge on any atom is -0.306 e. The van der Waals surface area contributed by atoms with E-state index in [4.69, 9.17) is 4.55 Å². The van der Waals surface area contributed by atoms with Crippen molar-refractivity contribution in [3.8, 4) is 0 Å². The van der Waals surface area contributed by atoms with E-state index < -0.39 is 10.1 Å². The maximum absolute atomic E-state index is 10.8. The summed E-state index contributed by atoms with van der Waals surface area (Å²) in [6.45, 7) is 2.28. The van der Waals surface area contributed by atoms with Crippen molar-refractivity contribution in [1.29, 1.82) is 0 Å². The van der Waals surface area contributed by atoms with Gasteiger partial charge in [0, 0.05) is 6.04 Å². The maximum atomic E-state index is 10.8. The van der Waals surface area contributed by atoms with E-state index in [0.717, 1.165) is 12.8 Å². The maximum Gasteiger partial charge on any atom is 0.264 e. The third-order valence-corrected chi connectivity index (χ3v) is 6.62. The third kappa shape index (κ3) is 20.6. The first-order valence-electron chi connectivity index (χ1n) is 12.0. The summed E-state index contributed by atoms with van der Waals surface area (Å²) in [5.41, 5.74) is 0. The van der Waals surface area contributed by atoms with Crippen LogP contribution in [0.15, 0.2) is 0 Å². The summed E-state index contributed by atoms with van der Waals surface area (Å²) in [6.07, 6.45) is 23.2. The van der Waals surface area contributed by atoms with Crippen molar-refractivity contribution in [2.24, 2.45) is 0 Å². The van der Waals surface area contributed by atoms with Crippen LogP contribution in [0, 0.1) is 0 Å². The Hall–Kier alpha value is -0.130. The fourth-order valence-electron chi connectivity index (χ4n) is 3.91. The average molecular weight is 420 g/mol. The fraction of sp³-hybridized carbons (Fsp3) is 1.00. The lowest BCUT2D eigenvalue weighted by Gasteiger charge is -2.24. The molecule has 0 fully saturated rings. The molecule has 0 saturated carbocycles. The van der Waals surface area contributed by atoms with E-state index in [-0.39, 0.29) is 5.75 Å². The lowest BCUT2D eigenvalue weighted by molar-refractivity contribution is 0.255. The molecular weight excluding hydrogens is 370 g/mol. The predicted molar refractivity (Wildman–Crippen MR) is 123 cm³/mol. The molecule has 1 N–H and O–H groups in total. The number of rotatable bonds is 21. The molecule has 0 spiro atoms. The van der Waals surface area contributed by atoms with Crippen LogP contribution in [-0.4, -0.2) is 43.8 Å². The molecule has 5 heteroatoms. The van der Waals surface area contributed by atoms with Crippen molar-refractivity contribution in [2.75, 3.05) is 19.8 Å². The van der Waals surface area contributed by atoms with E-state index in [1.807, 2.05) is 0 Å². The van der Waals surface area contributed by atoms with Crippen molar-refractivity contribution in [3.63, 3.8) is 0 Å². The van der Waals surface area contributed by atoms with Gasteiger partial charge in [-0.3, -0.25) is 4.55 Å². The minimum absolute atomic E-state index is 0.115. The highest BCUT2D eigenvalue weighted by atomic mass is 32.2. The molecule has 0 amide bonds. The van der Waals surface area contributed by atoms with Crippen LogP contribution >= 0.6 is 0 Å². The molecule has 0 aliphatic carbocycles. The molecule has 0 radical (unpaired) electrons. The molecule has 0 heterocycles. The van der Waals surface area contributed by atoms with E-state index in [2.05, 4.69) is 25.9 Å². The predicted octanol–water partition coefficient (Wildman–Crippen LogP) is 6.85. The molecule has 0 bridgehead atoms. The summed E-state index contributed by atoms with van der Waals surface area (Å²) in [7, 11) is 0.303. The number of unbranched alkanes of at least 4 members (excludes halogenated alkanes) is 14. The van der Waals surface area contributed by atoms with Gasteiger partial charge in [-0.05, 0) is 33.4 Å². The third-order valence-electron chi connectivity index (χ3n) is 5.81. The van der Waals surface area contributed by atoms with Crippen LogP contribution in [0.2, 0.25) is 0 Å². The van der Waals surface area contributed by atoms with Crippen LogP contribution in [0.25, 0.3) is 0 Å². The SMILES string of the molecule is CCCCCCCCCCCCCCCCCC(CCCS(=O)(=O)O)N(C)C. The second kappa shape index (κ2) is 18.9. The molecule has 1 atom stereocenters. The quantitative estimate of drug-likeness (QED) is 0.163. The van der Waals surface area contributed by atoms with Gasteiger partial charge in [0.25, 0.3) is 10.1 Å². The van der Waals surface area contributed by atoms with E-state index in [1.165, 1.54) is 96.3 Å². The first kappa shape index (κ1) is 27.9. The Morgan fingerprint density at radius 1 is 0.643 bits per heavy atom. The molecule has 0 aromatic carbocycles. The fourth-order valence-corrected chi connectivity index (χ4v) is 4.44. The standard InChI is InChI=1S/C23H49NO3S/c1-4-5-6-7-8-9-10-11-12-13-14-15-16-17-18-20-23(24(2)3)21-19-22-28(25,26)27/h23H,4-22H2,1-3H3,(H,25,26,27). The van der Waals surface area contributed by atoms with Gasteiger partial charge in [0.1, 0.15) is 0 Å². The van der Waals surface area contributed by atoms with E-state index >= 15 is 0 Å². The number of nitrogens with zero attached hydrogens (tertiary/aromatic N) is 1. The van der Waals surface area contributed by atoms with Crippen LogP contribution in [0.1, 0.15) is 122 Å². The van der Waals surface area contributed by atoms with Crippen molar-refractivity contribution >= 4 is 10.1 Å². The molecule has 0 aromatic rings. The summed E-state index contributed by atoms with van der Waals surface area (Å²) in [4.78, 5) is 2.19. The van der Waals surface area contributed by atoms with Gasteiger partial charge >= 0.3 is 0 Å². The number of hydrogen-bond acceptors (Lipinski definition) is 3. The lowest BCUT2D eigenvalue weighted by Crippen LogP contribution is -2.28. The van der Waals surface area contributed by atoms with E-state index in [1.54, 1.807) is 0 Å². The zero-order chi connectivity index (χ0) is 21.1. The van der Waals surface area contributed by atoms with Gasteiger partial charge in [0.2, 0.25) is 0 Å². The van der Waals surface area contributed by atoms with Gasteiger partial charge in [0.05, 0.1) is 5.75 Å². The zero-order valence-electron chi connectivity index (χ0n) is 19.1. The average Bonchev–Trinajstić information content (AvgIpc) is 2.62. The Morgan fingerprint density at radius 2 is 1.00 bits per heavy atom. The smallest absolute Gasteiger partial charge is 0.264 e. The highest BCUT2D eigenvalue weighted by Crippen LogP contribution is 2.16. The van der Waals surface area contributed by atoms with Crippen LogP contribution in [0.4, 0.5) is 0 Å². The van der Waals surface area contributed by atoms with Crippen LogP contribution in [0.3, 0.4) is 0 Å². The molecule has 0 saturated heterocycles. The van der Waals surface area contributed by atoms with Gasteiger partial charge < -0.3 is 4.90 Å². The van der Waals surface area contributed by atoms with Gasteiger partial charge in [-0.2, -0.15) is 8.42 Å². The Kier molecular flexibility index (Phi) is 18.8. The van der Waals surface area contributed by atoms with Crippen molar-refractivity contribution in [3.05, 3.63) is 0 Å². The Labute approximate surface area is 176 Å². The van der Waals surface area contributed by atoms with Crippen molar-refractivity contribution < 1.29 is 13.0 Å². The molecule has 0 aromatic heterocycles. The Balaban J connectivity index is 3.42. The summed E-state index contributed by atoms with van der Waals surface area (Å²) in [5.74, 6) is -0.115. The molecule has 28 heavy (non-hydrogen) atoms. The van der Waals surface area contributed by atoms with E-state index in [0.29, 0.717) is 12.5 Å². The molecule has 0 aliphatic rings. The highest BCUT2D eigenvalue weighted by molar-refractivity contribution is 7.85. The summed E-state index contributed by atoms with van der Waals surface area (Å²) >= 11 is 0. The molecule has 1 unspecified atom stereocenters. The van der Waals surface area contributed by atoms with E-state index in [9.17, 15) is 8.42 Å². The normalized spacial score (nSPS) is 13.3. The first-order chi connectivity index (χ1) is 13.4. The van der Waals surface area contributed by atoms with Gasteiger partial charge in [0.15, 0.2) is 0 Å². The number of hydrogen-bond donors (Lipinski definition) is 1. The monoisotopic (exact) mass is 419 g/mol. The van der Waals surface area contributed by atoms with Crippen LogP contribution in [-0.2, 0) is 10.1 Å². The molecule has 0 aliphatic heterocycles. The first-order valence-corrected chi connectivity index (χ1v) is 13.6. The molecule has 170 valence electrons. The van der Waals surface area contributed by atoms with Gasteiger partial charge in [-0.25, -0.2) is 0 Å². The van der Waals surface area contributed by atoms with Crippen molar-refractivity contribution in [2.45, 2.75) is 129 Å². The van der Waals surface area contributed by atoms with Gasteiger partial charge in [-0.15, -0.1) is 0 Å². The molecule has 4 nitrogen and oxygen atoms in total. The Bertz CT molecular complexity index is 424. The van der Waals surface area contributed by atoms with Crippen molar-refractivity contribution in [1.82, 2.24) is 4.90 Å². The summed E-state index contributed by atoms with van der Waals surface area (Å²) < 4.78 is 30.5. The van der Waals surface area contributed by atoms with Crippen LogP contribution in [0.5, 0.6) is 0 Å². The summed E-state index contributed by atoms with van der Waals surface area (Å²) in [5, 5.41) is 0. The largest absolute Gasteiger partial charge is 0.306 e. The minimum atomic E-state index is -3.81. The second-order valence-corrected chi connectivity index (χ2v) is 10.4. The molecule has 0 rings (SSSR count). The molecular formula is C23H49NO3S.